The molecule has 0 bridgehead atoms. The van der Waals surface area contributed by atoms with E-state index in [9.17, 15) is 0 Å². The summed E-state index contributed by atoms with van der Waals surface area (Å²) in [6.45, 7) is 6.79. The largest absolute Gasteiger partial charge is 0.361 e. The van der Waals surface area contributed by atoms with E-state index in [0.717, 1.165) is 31.3 Å². The van der Waals surface area contributed by atoms with Gasteiger partial charge in [-0.25, -0.2) is 0 Å². The van der Waals surface area contributed by atoms with Gasteiger partial charge >= 0.3 is 0 Å². The van der Waals surface area contributed by atoms with E-state index in [0.29, 0.717) is 0 Å². The third-order valence-electron chi connectivity index (χ3n) is 2.68. The minimum atomic E-state index is 0.832. The highest BCUT2D eigenvalue weighted by molar-refractivity contribution is 5.80. The van der Waals surface area contributed by atoms with Crippen LogP contribution in [0.3, 0.4) is 0 Å². The summed E-state index contributed by atoms with van der Waals surface area (Å²) in [6.07, 6.45) is 6.12. The third kappa shape index (κ3) is 3.79. The zero-order chi connectivity index (χ0) is 9.68. The zero-order valence-corrected chi connectivity index (χ0v) is 8.97. The van der Waals surface area contributed by atoms with Crippen molar-refractivity contribution in [1.82, 2.24) is 4.90 Å². The Morgan fingerprint density at radius 1 is 1.38 bits per heavy atom. The lowest BCUT2D eigenvalue weighted by molar-refractivity contribution is 0.417. The van der Waals surface area contributed by atoms with Crippen LogP contribution in [0.25, 0.3) is 0 Å². The van der Waals surface area contributed by atoms with Crippen LogP contribution in [-0.2, 0) is 0 Å². The summed E-state index contributed by atoms with van der Waals surface area (Å²) in [6, 6.07) is 0. The number of rotatable bonds is 5. The van der Waals surface area contributed by atoms with Crippen molar-refractivity contribution in [2.45, 2.75) is 46.0 Å². The van der Waals surface area contributed by atoms with Gasteiger partial charge in [-0.3, -0.25) is 5.41 Å². The molecule has 0 aliphatic carbocycles. The van der Waals surface area contributed by atoms with E-state index in [1.165, 1.54) is 25.7 Å². The maximum absolute atomic E-state index is 7.65. The van der Waals surface area contributed by atoms with Gasteiger partial charge in [-0.1, -0.05) is 26.7 Å². The molecule has 13 heavy (non-hydrogen) atoms. The molecule has 0 unspecified atom stereocenters. The van der Waals surface area contributed by atoms with Crippen molar-refractivity contribution in [2.75, 3.05) is 13.1 Å². The van der Waals surface area contributed by atoms with Crippen molar-refractivity contribution in [1.29, 1.82) is 5.41 Å². The minimum Gasteiger partial charge on any atom is -0.361 e. The molecule has 0 spiro atoms. The van der Waals surface area contributed by atoms with Gasteiger partial charge in [-0.2, -0.15) is 0 Å². The molecule has 1 rings (SSSR count). The fourth-order valence-electron chi connectivity index (χ4n) is 1.83. The molecule has 0 saturated carbocycles. The second kappa shape index (κ2) is 5.25. The van der Waals surface area contributed by atoms with Crippen LogP contribution in [0.2, 0.25) is 0 Å². The van der Waals surface area contributed by atoms with Crippen LogP contribution in [0.1, 0.15) is 46.0 Å². The summed E-state index contributed by atoms with van der Waals surface area (Å²) in [5.41, 5.74) is 0. The lowest BCUT2D eigenvalue weighted by Gasteiger charge is -2.17. The second-order valence-electron chi connectivity index (χ2n) is 4.43. The van der Waals surface area contributed by atoms with Crippen molar-refractivity contribution >= 4 is 5.84 Å². The summed E-state index contributed by atoms with van der Waals surface area (Å²) >= 11 is 0. The first-order valence-electron chi connectivity index (χ1n) is 5.52. The Kier molecular flexibility index (Phi) is 4.26. The van der Waals surface area contributed by atoms with E-state index in [4.69, 9.17) is 5.41 Å². The highest BCUT2D eigenvalue weighted by atomic mass is 15.2. The van der Waals surface area contributed by atoms with E-state index in [1.807, 2.05) is 0 Å². The number of hydrogen-bond acceptors (Lipinski definition) is 1. The lowest BCUT2D eigenvalue weighted by atomic mass is 10.1. The number of nitrogens with one attached hydrogen (secondary N) is 1. The minimum absolute atomic E-state index is 0.832. The number of hydrogen-bond donors (Lipinski definition) is 1. The smallest absolute Gasteiger partial charge is 0.0958 e. The van der Waals surface area contributed by atoms with Crippen molar-refractivity contribution in [3.8, 4) is 0 Å². The first kappa shape index (κ1) is 10.6. The Bertz CT molecular complexity index is 163. The van der Waals surface area contributed by atoms with Gasteiger partial charge in [0.2, 0.25) is 0 Å². The molecule has 1 aliphatic rings. The average Bonchev–Trinajstić information content (AvgIpc) is 2.45. The molecule has 2 heteroatoms. The van der Waals surface area contributed by atoms with Gasteiger partial charge < -0.3 is 4.90 Å². The number of likely N-dealkylation sites (tertiary alicyclic amines) is 1. The molecule has 1 fully saturated rings. The predicted octanol–water partition coefficient (Wildman–Crippen LogP) is 2.89. The first-order chi connectivity index (χ1) is 6.20. The number of unbranched alkanes of at least 4 members (excludes halogenated alkanes) is 1. The van der Waals surface area contributed by atoms with Gasteiger partial charge in [0.05, 0.1) is 5.84 Å². The number of nitrogens with zero attached hydrogens (tertiary/aromatic N) is 1. The van der Waals surface area contributed by atoms with Gasteiger partial charge in [0.1, 0.15) is 0 Å². The summed E-state index contributed by atoms with van der Waals surface area (Å²) in [5, 5.41) is 7.65. The van der Waals surface area contributed by atoms with E-state index in [1.54, 1.807) is 0 Å². The topological polar surface area (TPSA) is 27.1 Å². The predicted molar refractivity (Wildman–Crippen MR) is 57.2 cm³/mol. The molecular formula is C11H22N2. The zero-order valence-electron chi connectivity index (χ0n) is 8.97. The Morgan fingerprint density at radius 3 is 2.69 bits per heavy atom. The Hall–Kier alpha value is -0.530. The monoisotopic (exact) mass is 182 g/mol. The molecule has 2 nitrogen and oxygen atoms in total. The normalized spacial score (nSPS) is 17.5. The molecule has 0 aromatic heterocycles. The summed E-state index contributed by atoms with van der Waals surface area (Å²) in [7, 11) is 0. The highest BCUT2D eigenvalue weighted by Crippen LogP contribution is 2.12. The molecule has 1 aliphatic heterocycles. The standard InChI is InChI=1S/C11H22N2/c1-10(2)6-3-4-8-13-9-5-7-11(13)12/h10,12H,3-9H2,1-2H3. The van der Waals surface area contributed by atoms with Crippen molar-refractivity contribution in [3.05, 3.63) is 0 Å². The molecule has 0 atom stereocenters. The molecule has 76 valence electrons. The van der Waals surface area contributed by atoms with Crippen LogP contribution in [-0.4, -0.2) is 23.8 Å². The SMILES string of the molecule is CC(C)CCCCN1CCCC1=N. The van der Waals surface area contributed by atoms with Gasteiger partial charge in [0.25, 0.3) is 0 Å². The summed E-state index contributed by atoms with van der Waals surface area (Å²) in [4.78, 5) is 2.24. The van der Waals surface area contributed by atoms with Gasteiger partial charge in [0, 0.05) is 19.5 Å². The molecule has 1 heterocycles. The summed E-state index contributed by atoms with van der Waals surface area (Å²) < 4.78 is 0. The molecule has 0 amide bonds. The quantitative estimate of drug-likeness (QED) is 0.650. The van der Waals surface area contributed by atoms with Crippen LogP contribution >= 0.6 is 0 Å². The van der Waals surface area contributed by atoms with Crippen LogP contribution in [0.5, 0.6) is 0 Å². The Labute approximate surface area is 81.8 Å². The van der Waals surface area contributed by atoms with E-state index in [2.05, 4.69) is 18.7 Å². The molecule has 0 aromatic rings. The molecule has 0 aromatic carbocycles. The highest BCUT2D eigenvalue weighted by Gasteiger charge is 2.15. The van der Waals surface area contributed by atoms with E-state index >= 15 is 0 Å². The first-order valence-corrected chi connectivity index (χ1v) is 5.52. The van der Waals surface area contributed by atoms with Crippen LogP contribution in [0.15, 0.2) is 0 Å². The van der Waals surface area contributed by atoms with Crippen LogP contribution in [0, 0.1) is 11.3 Å². The molecule has 0 radical (unpaired) electrons. The van der Waals surface area contributed by atoms with Crippen molar-refractivity contribution in [2.24, 2.45) is 5.92 Å². The van der Waals surface area contributed by atoms with Gasteiger partial charge in [0.15, 0.2) is 0 Å². The molecule has 1 saturated heterocycles. The van der Waals surface area contributed by atoms with Crippen molar-refractivity contribution in [3.63, 3.8) is 0 Å². The molecular weight excluding hydrogens is 160 g/mol. The lowest BCUT2D eigenvalue weighted by Crippen LogP contribution is -2.25. The Balaban J connectivity index is 2.02. The second-order valence-corrected chi connectivity index (χ2v) is 4.43. The summed E-state index contributed by atoms with van der Waals surface area (Å²) in [5.74, 6) is 1.70. The maximum atomic E-state index is 7.65. The maximum Gasteiger partial charge on any atom is 0.0958 e. The van der Waals surface area contributed by atoms with E-state index < -0.39 is 0 Å². The van der Waals surface area contributed by atoms with Gasteiger partial charge in [-0.05, 0) is 18.8 Å². The Morgan fingerprint density at radius 2 is 2.15 bits per heavy atom. The fourth-order valence-corrected chi connectivity index (χ4v) is 1.83. The van der Waals surface area contributed by atoms with E-state index in [-0.39, 0.29) is 0 Å². The fraction of sp³-hybridized carbons (Fsp3) is 0.909. The average molecular weight is 182 g/mol. The molecule has 1 N–H and O–H groups in total. The number of amidine groups is 1. The third-order valence-corrected chi connectivity index (χ3v) is 2.68. The van der Waals surface area contributed by atoms with Crippen LogP contribution < -0.4 is 0 Å². The van der Waals surface area contributed by atoms with Gasteiger partial charge in [-0.15, -0.1) is 0 Å². The van der Waals surface area contributed by atoms with Crippen molar-refractivity contribution < 1.29 is 0 Å². The van der Waals surface area contributed by atoms with Crippen LogP contribution in [0.4, 0.5) is 0 Å².